The largest absolute Gasteiger partial charge is 0.480 e. The van der Waals surface area contributed by atoms with Crippen LogP contribution in [0.4, 0.5) is 4.79 Å². The fraction of sp³-hybridized carbons (Fsp3) is 0.444. The lowest BCUT2D eigenvalue weighted by molar-refractivity contribution is -0.157. The Labute approximate surface area is 200 Å². The van der Waals surface area contributed by atoms with E-state index in [0.29, 0.717) is 25.4 Å². The molecule has 2 aliphatic rings. The van der Waals surface area contributed by atoms with Crippen molar-refractivity contribution in [1.82, 2.24) is 10.2 Å². The summed E-state index contributed by atoms with van der Waals surface area (Å²) in [5, 5.41) is 12.0. The number of ether oxygens (including phenoxy) is 1. The van der Waals surface area contributed by atoms with E-state index in [1.54, 1.807) is 0 Å². The van der Waals surface area contributed by atoms with E-state index in [4.69, 9.17) is 4.74 Å². The first-order valence-electron chi connectivity index (χ1n) is 12.0. The first-order chi connectivity index (χ1) is 16.3. The van der Waals surface area contributed by atoms with Crippen LogP contribution >= 0.6 is 0 Å². The Kier molecular flexibility index (Phi) is 7.20. The molecule has 2 unspecified atom stereocenters. The minimum absolute atomic E-state index is 0.00874. The molecule has 0 bridgehead atoms. The van der Waals surface area contributed by atoms with Crippen LogP contribution in [0.15, 0.2) is 48.5 Å². The van der Waals surface area contributed by atoms with Crippen molar-refractivity contribution >= 4 is 18.0 Å². The van der Waals surface area contributed by atoms with Gasteiger partial charge < -0.3 is 20.1 Å². The van der Waals surface area contributed by atoms with Crippen LogP contribution in [0.5, 0.6) is 0 Å². The van der Waals surface area contributed by atoms with Crippen molar-refractivity contribution in [3.63, 3.8) is 0 Å². The van der Waals surface area contributed by atoms with Gasteiger partial charge in [0.25, 0.3) is 0 Å². The number of nitrogens with zero attached hydrogens (tertiary/aromatic N) is 1. The van der Waals surface area contributed by atoms with Gasteiger partial charge in [0.05, 0.1) is 0 Å². The van der Waals surface area contributed by atoms with Gasteiger partial charge in [-0.3, -0.25) is 4.79 Å². The molecule has 1 aliphatic carbocycles. The highest BCUT2D eigenvalue weighted by Gasteiger charge is 2.38. The number of carbonyl (C=O) groups excluding carboxylic acids is 2. The summed E-state index contributed by atoms with van der Waals surface area (Å²) in [6, 6.07) is 15.6. The first kappa shape index (κ1) is 23.8. The van der Waals surface area contributed by atoms with Crippen molar-refractivity contribution in [2.24, 2.45) is 11.8 Å². The number of fused-ring (bicyclic) bond motifs is 3. The van der Waals surface area contributed by atoms with Gasteiger partial charge in [-0.25, -0.2) is 9.59 Å². The van der Waals surface area contributed by atoms with Gasteiger partial charge in [-0.15, -0.1) is 0 Å². The third kappa shape index (κ3) is 5.08. The van der Waals surface area contributed by atoms with E-state index < -0.39 is 18.1 Å². The molecule has 1 fully saturated rings. The molecule has 7 heteroatoms. The van der Waals surface area contributed by atoms with Gasteiger partial charge in [-0.1, -0.05) is 62.4 Å². The fourth-order valence-electron chi connectivity index (χ4n) is 5.09. The standard InChI is InChI=1S/C27H32N2O5/c1-17(2)13-18(14-25(30)29-12-11-24(29)26(31)32)15-28-27(33)34-16-23-21-9-5-3-7-19(21)20-8-4-6-10-22(20)23/h3-10,17-18,23-24H,11-16H2,1-2H3,(H,28,33)(H,31,32). The number of amides is 2. The maximum Gasteiger partial charge on any atom is 0.407 e. The molecule has 1 heterocycles. The molecular weight excluding hydrogens is 432 g/mol. The van der Waals surface area contributed by atoms with Crippen molar-refractivity contribution in [2.45, 2.75) is 45.1 Å². The molecule has 2 atom stereocenters. The Bertz CT molecular complexity index is 1020. The van der Waals surface area contributed by atoms with Crippen LogP contribution in [-0.2, 0) is 14.3 Å². The van der Waals surface area contributed by atoms with E-state index in [1.807, 2.05) is 24.3 Å². The Hall–Kier alpha value is -3.35. The summed E-state index contributed by atoms with van der Waals surface area (Å²) in [5.41, 5.74) is 4.66. The SMILES string of the molecule is CC(C)CC(CNC(=O)OCC1c2ccccc2-c2ccccc21)CC(=O)N1CCC1C(=O)O. The smallest absolute Gasteiger partial charge is 0.407 e. The van der Waals surface area contributed by atoms with E-state index in [1.165, 1.54) is 16.0 Å². The highest BCUT2D eigenvalue weighted by atomic mass is 16.5. The lowest BCUT2D eigenvalue weighted by Crippen LogP contribution is -2.55. The number of carboxylic acid groups (broad SMARTS) is 1. The van der Waals surface area contributed by atoms with E-state index in [9.17, 15) is 19.5 Å². The average Bonchev–Trinajstić information content (AvgIpc) is 3.08. The number of benzene rings is 2. The van der Waals surface area contributed by atoms with E-state index in [-0.39, 0.29) is 30.8 Å². The van der Waals surface area contributed by atoms with Crippen LogP contribution in [0.25, 0.3) is 11.1 Å². The Morgan fingerprint density at radius 2 is 1.68 bits per heavy atom. The zero-order valence-electron chi connectivity index (χ0n) is 19.7. The highest BCUT2D eigenvalue weighted by Crippen LogP contribution is 2.44. The molecule has 34 heavy (non-hydrogen) atoms. The van der Waals surface area contributed by atoms with Crippen LogP contribution in [0, 0.1) is 11.8 Å². The number of rotatable bonds is 9. The lowest BCUT2D eigenvalue weighted by atomic mass is 9.92. The Morgan fingerprint density at radius 3 is 2.21 bits per heavy atom. The summed E-state index contributed by atoms with van der Waals surface area (Å²) in [4.78, 5) is 37.8. The highest BCUT2D eigenvalue weighted by molar-refractivity contribution is 5.85. The zero-order valence-corrected chi connectivity index (χ0v) is 19.7. The minimum Gasteiger partial charge on any atom is -0.480 e. The molecule has 1 aliphatic heterocycles. The number of likely N-dealkylation sites (tertiary alicyclic amines) is 1. The van der Waals surface area contributed by atoms with Crippen molar-refractivity contribution in [3.8, 4) is 11.1 Å². The van der Waals surface area contributed by atoms with Crippen LogP contribution in [0.1, 0.15) is 50.2 Å². The van der Waals surface area contributed by atoms with Gasteiger partial charge in [0, 0.05) is 25.4 Å². The number of alkyl carbamates (subject to hydrolysis) is 1. The van der Waals surface area contributed by atoms with Gasteiger partial charge in [0.1, 0.15) is 12.6 Å². The molecule has 0 aromatic heterocycles. The molecule has 2 aromatic carbocycles. The number of carboxylic acids is 1. The van der Waals surface area contributed by atoms with Crippen molar-refractivity contribution in [2.75, 3.05) is 19.7 Å². The summed E-state index contributed by atoms with van der Waals surface area (Å²) in [7, 11) is 0. The predicted octanol–water partition coefficient (Wildman–Crippen LogP) is 4.26. The van der Waals surface area contributed by atoms with E-state index in [0.717, 1.165) is 17.5 Å². The molecule has 0 spiro atoms. The predicted molar refractivity (Wildman–Crippen MR) is 128 cm³/mol. The topological polar surface area (TPSA) is 95.9 Å². The molecule has 2 aromatic rings. The lowest BCUT2D eigenvalue weighted by Gasteiger charge is -2.38. The average molecular weight is 465 g/mol. The molecule has 0 radical (unpaired) electrons. The molecule has 2 amide bonds. The van der Waals surface area contributed by atoms with Crippen molar-refractivity contribution in [3.05, 3.63) is 59.7 Å². The van der Waals surface area contributed by atoms with Crippen molar-refractivity contribution < 1.29 is 24.2 Å². The van der Waals surface area contributed by atoms with Crippen molar-refractivity contribution in [1.29, 1.82) is 0 Å². The normalized spacial score (nSPS) is 17.5. The van der Waals surface area contributed by atoms with Gasteiger partial charge in [0.15, 0.2) is 0 Å². The second kappa shape index (κ2) is 10.3. The Morgan fingerprint density at radius 1 is 1.06 bits per heavy atom. The summed E-state index contributed by atoms with van der Waals surface area (Å²) in [6.45, 7) is 5.15. The van der Waals surface area contributed by atoms with Gasteiger partial charge in [-0.05, 0) is 46.9 Å². The molecule has 1 saturated heterocycles. The summed E-state index contributed by atoms with van der Waals surface area (Å²) < 4.78 is 5.61. The maximum absolute atomic E-state index is 12.6. The number of carbonyl (C=O) groups is 3. The van der Waals surface area contributed by atoms with Crippen LogP contribution in [-0.4, -0.2) is 53.7 Å². The third-order valence-electron chi connectivity index (χ3n) is 6.77. The molecule has 180 valence electrons. The molecule has 7 nitrogen and oxygen atoms in total. The van der Waals surface area contributed by atoms with Gasteiger partial charge in [-0.2, -0.15) is 0 Å². The first-order valence-corrected chi connectivity index (χ1v) is 12.0. The molecule has 2 N–H and O–H groups in total. The quantitative estimate of drug-likeness (QED) is 0.578. The number of nitrogens with one attached hydrogen (secondary N) is 1. The minimum atomic E-state index is -0.961. The number of hydrogen-bond donors (Lipinski definition) is 2. The summed E-state index contributed by atoms with van der Waals surface area (Å²) in [6.07, 6.45) is 0.955. The second-order valence-corrected chi connectivity index (χ2v) is 9.64. The fourth-order valence-corrected chi connectivity index (χ4v) is 5.09. The second-order valence-electron chi connectivity index (χ2n) is 9.64. The van der Waals surface area contributed by atoms with Crippen LogP contribution < -0.4 is 5.32 Å². The third-order valence-corrected chi connectivity index (χ3v) is 6.77. The molecular formula is C27H32N2O5. The summed E-state index contributed by atoms with van der Waals surface area (Å²) >= 11 is 0. The maximum atomic E-state index is 12.6. The number of hydrogen-bond acceptors (Lipinski definition) is 4. The molecule has 4 rings (SSSR count). The monoisotopic (exact) mass is 464 g/mol. The number of aliphatic carboxylic acids is 1. The van der Waals surface area contributed by atoms with Crippen LogP contribution in [0.2, 0.25) is 0 Å². The van der Waals surface area contributed by atoms with Gasteiger partial charge in [0.2, 0.25) is 5.91 Å². The van der Waals surface area contributed by atoms with Gasteiger partial charge >= 0.3 is 12.1 Å². The van der Waals surface area contributed by atoms with E-state index >= 15 is 0 Å². The molecule has 0 saturated carbocycles. The van der Waals surface area contributed by atoms with E-state index in [2.05, 4.69) is 43.4 Å². The van der Waals surface area contributed by atoms with Crippen LogP contribution in [0.3, 0.4) is 0 Å². The Balaban J connectivity index is 1.32. The zero-order chi connectivity index (χ0) is 24.2. The summed E-state index contributed by atoms with van der Waals surface area (Å²) in [5.74, 6) is -0.877.